The van der Waals surface area contributed by atoms with Crippen LogP contribution in [0.1, 0.15) is 62.4 Å². The molecule has 1 atom stereocenters. The van der Waals surface area contributed by atoms with E-state index in [1.807, 2.05) is 17.9 Å². The van der Waals surface area contributed by atoms with Gasteiger partial charge in [-0.2, -0.15) is 10.2 Å². The number of hydrogen-bond acceptors (Lipinski definition) is 3. The molecule has 3 rings (SSSR count). The van der Waals surface area contributed by atoms with E-state index in [-0.39, 0.29) is 0 Å². The summed E-state index contributed by atoms with van der Waals surface area (Å²) in [6.45, 7) is 2.93. The van der Waals surface area contributed by atoms with E-state index >= 15 is 0 Å². The van der Waals surface area contributed by atoms with Gasteiger partial charge in [-0.05, 0) is 32.4 Å². The predicted octanol–water partition coefficient (Wildman–Crippen LogP) is 2.91. The molecule has 0 bridgehead atoms. The Morgan fingerprint density at radius 1 is 1.38 bits per heavy atom. The molecule has 21 heavy (non-hydrogen) atoms. The summed E-state index contributed by atoms with van der Waals surface area (Å²) in [5, 5.41) is 12.5. The van der Waals surface area contributed by atoms with E-state index in [1.54, 1.807) is 0 Å². The van der Waals surface area contributed by atoms with Gasteiger partial charge >= 0.3 is 0 Å². The Bertz CT molecular complexity index is 522. The molecular formula is C16H25N5. The highest BCUT2D eigenvalue weighted by molar-refractivity contribution is 5.11. The second-order valence-corrected chi connectivity index (χ2v) is 5.95. The zero-order valence-electron chi connectivity index (χ0n) is 13.0. The lowest BCUT2D eigenvalue weighted by Gasteiger charge is -2.10. The molecule has 1 unspecified atom stereocenters. The predicted molar refractivity (Wildman–Crippen MR) is 83.2 cm³/mol. The Balaban J connectivity index is 1.66. The van der Waals surface area contributed by atoms with Gasteiger partial charge in [0.25, 0.3) is 0 Å². The number of nitrogens with zero attached hydrogens (tertiary/aromatic N) is 4. The van der Waals surface area contributed by atoms with Crippen molar-refractivity contribution in [3.05, 3.63) is 35.9 Å². The Hall–Kier alpha value is -1.62. The number of nitrogens with one attached hydrogen (secondary N) is 1. The van der Waals surface area contributed by atoms with Crippen LogP contribution in [-0.4, -0.2) is 26.6 Å². The molecule has 5 heteroatoms. The van der Waals surface area contributed by atoms with Crippen molar-refractivity contribution in [1.82, 2.24) is 24.9 Å². The minimum atomic E-state index is 0.384. The summed E-state index contributed by atoms with van der Waals surface area (Å²) in [7, 11) is 1.99. The summed E-state index contributed by atoms with van der Waals surface area (Å²) in [5.74, 6) is 0. The van der Waals surface area contributed by atoms with E-state index < -0.39 is 0 Å². The molecule has 1 N–H and O–H groups in total. The first kappa shape index (κ1) is 14.3. The molecule has 1 aliphatic carbocycles. The second kappa shape index (κ2) is 6.43. The van der Waals surface area contributed by atoms with E-state index in [0.29, 0.717) is 12.1 Å². The van der Waals surface area contributed by atoms with Gasteiger partial charge in [-0.15, -0.1) is 0 Å². The van der Waals surface area contributed by atoms with E-state index in [9.17, 15) is 0 Å². The Labute approximate surface area is 126 Å². The van der Waals surface area contributed by atoms with Crippen LogP contribution >= 0.6 is 0 Å². The van der Waals surface area contributed by atoms with Crippen molar-refractivity contribution in [2.24, 2.45) is 0 Å². The fraction of sp³-hybridized carbons (Fsp3) is 0.625. The maximum atomic E-state index is 4.72. The highest BCUT2D eigenvalue weighted by Crippen LogP contribution is 2.28. The van der Waals surface area contributed by atoms with E-state index in [1.165, 1.54) is 31.2 Å². The van der Waals surface area contributed by atoms with Crippen LogP contribution in [0.15, 0.2) is 24.7 Å². The second-order valence-electron chi connectivity index (χ2n) is 5.95. The van der Waals surface area contributed by atoms with E-state index in [2.05, 4.69) is 40.5 Å². The first-order chi connectivity index (χ1) is 10.3. The van der Waals surface area contributed by atoms with Crippen LogP contribution in [0.4, 0.5) is 0 Å². The molecule has 2 aromatic rings. The normalized spacial score (nSPS) is 17.4. The number of hydrogen-bond donors (Lipinski definition) is 1. The highest BCUT2D eigenvalue weighted by atomic mass is 15.3. The van der Waals surface area contributed by atoms with Crippen molar-refractivity contribution >= 4 is 0 Å². The molecule has 2 heterocycles. The summed E-state index contributed by atoms with van der Waals surface area (Å²) in [4.78, 5) is 0. The molecule has 0 saturated heterocycles. The standard InChI is InChI=1S/C16H25N5/c1-3-16(17-2)13-10-18-20(11-13)12-14-8-9-21(19-14)15-6-4-5-7-15/h8-11,15-17H,3-7,12H2,1-2H3. The molecule has 0 amide bonds. The summed E-state index contributed by atoms with van der Waals surface area (Å²) >= 11 is 0. The Morgan fingerprint density at radius 3 is 2.90 bits per heavy atom. The molecule has 114 valence electrons. The van der Waals surface area contributed by atoms with Crippen molar-refractivity contribution in [3.63, 3.8) is 0 Å². The van der Waals surface area contributed by atoms with E-state index in [4.69, 9.17) is 5.10 Å². The van der Waals surface area contributed by atoms with Gasteiger partial charge in [0, 0.05) is 24.0 Å². The van der Waals surface area contributed by atoms with Crippen LogP contribution in [0.2, 0.25) is 0 Å². The highest BCUT2D eigenvalue weighted by Gasteiger charge is 2.17. The SMILES string of the molecule is CCC(NC)c1cnn(Cc2ccn(C3CCCC3)n2)c1. The minimum Gasteiger partial charge on any atom is -0.313 e. The molecule has 1 aliphatic rings. The van der Waals surface area contributed by atoms with Crippen molar-refractivity contribution < 1.29 is 0 Å². The maximum Gasteiger partial charge on any atom is 0.0849 e. The lowest BCUT2D eigenvalue weighted by molar-refractivity contribution is 0.460. The van der Waals surface area contributed by atoms with Gasteiger partial charge in [0.15, 0.2) is 0 Å². The van der Waals surface area contributed by atoms with Gasteiger partial charge in [0.1, 0.15) is 0 Å². The van der Waals surface area contributed by atoms with Crippen LogP contribution in [0, 0.1) is 0 Å². The van der Waals surface area contributed by atoms with Crippen molar-refractivity contribution in [2.75, 3.05) is 7.05 Å². The summed E-state index contributed by atoms with van der Waals surface area (Å²) in [5.41, 5.74) is 2.34. The van der Waals surface area contributed by atoms with Gasteiger partial charge in [-0.1, -0.05) is 19.8 Å². The molecule has 0 aliphatic heterocycles. The van der Waals surface area contributed by atoms with Crippen molar-refractivity contribution in [1.29, 1.82) is 0 Å². The zero-order chi connectivity index (χ0) is 14.7. The van der Waals surface area contributed by atoms with Gasteiger partial charge in [-0.25, -0.2) is 0 Å². The van der Waals surface area contributed by atoms with Crippen molar-refractivity contribution in [3.8, 4) is 0 Å². The molecule has 0 radical (unpaired) electrons. The minimum absolute atomic E-state index is 0.384. The molecule has 5 nitrogen and oxygen atoms in total. The average Bonchev–Trinajstić information content (AvgIpc) is 3.21. The van der Waals surface area contributed by atoms with Gasteiger partial charge in [0.05, 0.1) is 24.5 Å². The third-order valence-corrected chi connectivity index (χ3v) is 4.50. The zero-order valence-corrected chi connectivity index (χ0v) is 13.0. The van der Waals surface area contributed by atoms with Crippen LogP contribution in [0.3, 0.4) is 0 Å². The quantitative estimate of drug-likeness (QED) is 0.888. The molecular weight excluding hydrogens is 262 g/mol. The topological polar surface area (TPSA) is 47.7 Å². The summed E-state index contributed by atoms with van der Waals surface area (Å²) in [6.07, 6.45) is 12.5. The number of aromatic nitrogens is 4. The van der Waals surface area contributed by atoms with Gasteiger partial charge in [0.2, 0.25) is 0 Å². The van der Waals surface area contributed by atoms with Crippen LogP contribution < -0.4 is 5.32 Å². The molecule has 2 aromatic heterocycles. The smallest absolute Gasteiger partial charge is 0.0849 e. The average molecular weight is 287 g/mol. The van der Waals surface area contributed by atoms with E-state index in [0.717, 1.165) is 18.7 Å². The third-order valence-electron chi connectivity index (χ3n) is 4.50. The molecule has 0 aromatic carbocycles. The van der Waals surface area contributed by atoms with Gasteiger partial charge in [-0.3, -0.25) is 9.36 Å². The monoisotopic (exact) mass is 287 g/mol. The lowest BCUT2D eigenvalue weighted by atomic mass is 10.1. The third kappa shape index (κ3) is 3.18. The van der Waals surface area contributed by atoms with Gasteiger partial charge < -0.3 is 5.32 Å². The summed E-state index contributed by atoms with van der Waals surface area (Å²) < 4.78 is 4.13. The molecule has 0 spiro atoms. The number of rotatable bonds is 6. The summed E-state index contributed by atoms with van der Waals surface area (Å²) in [6, 6.07) is 3.12. The fourth-order valence-electron chi connectivity index (χ4n) is 3.25. The molecule has 1 fully saturated rings. The Morgan fingerprint density at radius 2 is 2.19 bits per heavy atom. The van der Waals surface area contributed by atoms with Crippen LogP contribution in [0.25, 0.3) is 0 Å². The lowest BCUT2D eigenvalue weighted by Crippen LogP contribution is -2.14. The maximum absolute atomic E-state index is 4.72. The van der Waals surface area contributed by atoms with Crippen LogP contribution in [-0.2, 0) is 6.54 Å². The fourth-order valence-corrected chi connectivity index (χ4v) is 3.25. The molecule has 1 saturated carbocycles. The van der Waals surface area contributed by atoms with Crippen LogP contribution in [0.5, 0.6) is 0 Å². The van der Waals surface area contributed by atoms with Crippen molar-refractivity contribution in [2.45, 2.75) is 57.7 Å². The largest absolute Gasteiger partial charge is 0.313 e. The first-order valence-corrected chi connectivity index (χ1v) is 8.03. The first-order valence-electron chi connectivity index (χ1n) is 8.03. The Kier molecular flexibility index (Phi) is 4.39.